The van der Waals surface area contributed by atoms with Gasteiger partial charge in [-0.2, -0.15) is 8.42 Å². The fourth-order valence-corrected chi connectivity index (χ4v) is 6.55. The zero-order chi connectivity index (χ0) is 28.9. The van der Waals surface area contributed by atoms with E-state index in [1.807, 2.05) is 6.07 Å². The summed E-state index contributed by atoms with van der Waals surface area (Å²) in [6.45, 7) is 4.55. The summed E-state index contributed by atoms with van der Waals surface area (Å²) in [5, 5.41) is 2.07. The second-order valence-corrected chi connectivity index (χ2v) is 13.6. The number of aryl methyl sites for hydroxylation is 2. The van der Waals surface area contributed by atoms with Crippen LogP contribution in [0.5, 0.6) is 0 Å². The molecule has 0 saturated heterocycles. The lowest BCUT2D eigenvalue weighted by atomic mass is 9.91. The average molecular weight is 573 g/mol. The van der Waals surface area contributed by atoms with Crippen LogP contribution in [0.1, 0.15) is 166 Å². The van der Waals surface area contributed by atoms with Crippen LogP contribution in [-0.4, -0.2) is 13.0 Å². The molecule has 0 aliphatic rings. The molecule has 4 heteroatoms. The lowest BCUT2D eigenvalue weighted by Crippen LogP contribution is -2.01. The van der Waals surface area contributed by atoms with E-state index in [4.69, 9.17) is 0 Å². The highest BCUT2D eigenvalue weighted by Crippen LogP contribution is 2.29. The highest BCUT2D eigenvalue weighted by molar-refractivity contribution is 7.85. The molecule has 2 aromatic carbocycles. The summed E-state index contributed by atoms with van der Waals surface area (Å²) in [4.78, 5) is 0.00651. The molecule has 0 aliphatic carbocycles. The molecular formula is C36H60O3S. The van der Waals surface area contributed by atoms with E-state index in [0.29, 0.717) is 0 Å². The standard InChI is InChI=1S/C36H60O3S/c1-3-5-7-9-11-13-15-17-19-21-23-25-32-27-28-33-29-30-34(40(37,38)39)31-36(33)35(32)26-24-22-20-18-16-14-12-10-8-6-4-2/h27-31H,3-26H2,1-2H3,(H,37,38,39). The minimum Gasteiger partial charge on any atom is -0.282 e. The molecule has 0 atom stereocenters. The zero-order valence-corrected chi connectivity index (χ0v) is 26.8. The van der Waals surface area contributed by atoms with E-state index in [-0.39, 0.29) is 4.90 Å². The third kappa shape index (κ3) is 14.5. The van der Waals surface area contributed by atoms with Crippen molar-refractivity contribution in [3.05, 3.63) is 41.5 Å². The van der Waals surface area contributed by atoms with E-state index < -0.39 is 10.1 Å². The van der Waals surface area contributed by atoms with Gasteiger partial charge in [0.25, 0.3) is 10.1 Å². The third-order valence-electron chi connectivity index (χ3n) is 8.58. The first-order valence-corrected chi connectivity index (χ1v) is 18.4. The minimum absolute atomic E-state index is 0.00651. The second kappa shape index (κ2) is 21.3. The van der Waals surface area contributed by atoms with E-state index in [2.05, 4.69) is 26.0 Å². The highest BCUT2D eigenvalue weighted by atomic mass is 32.2. The van der Waals surface area contributed by atoms with Gasteiger partial charge in [-0.3, -0.25) is 4.55 Å². The van der Waals surface area contributed by atoms with E-state index in [0.717, 1.165) is 30.0 Å². The smallest absolute Gasteiger partial charge is 0.282 e. The lowest BCUT2D eigenvalue weighted by molar-refractivity contribution is 0.483. The number of hydrogen-bond donors (Lipinski definition) is 1. The molecule has 0 amide bonds. The lowest BCUT2D eigenvalue weighted by Gasteiger charge is -2.14. The van der Waals surface area contributed by atoms with Crippen molar-refractivity contribution in [3.8, 4) is 0 Å². The van der Waals surface area contributed by atoms with Crippen molar-refractivity contribution >= 4 is 20.9 Å². The molecule has 2 rings (SSSR count). The van der Waals surface area contributed by atoms with Crippen molar-refractivity contribution in [2.24, 2.45) is 0 Å². The van der Waals surface area contributed by atoms with Gasteiger partial charge in [-0.1, -0.05) is 160 Å². The summed E-state index contributed by atoms with van der Waals surface area (Å²) in [6.07, 6.45) is 31.3. The van der Waals surface area contributed by atoms with Crippen LogP contribution in [0.15, 0.2) is 35.2 Å². The maximum absolute atomic E-state index is 11.9. The van der Waals surface area contributed by atoms with Crippen molar-refractivity contribution in [1.82, 2.24) is 0 Å². The Bertz CT molecular complexity index is 1030. The maximum Gasteiger partial charge on any atom is 0.294 e. The number of unbranched alkanes of at least 4 members (excludes halogenated alkanes) is 20. The van der Waals surface area contributed by atoms with Crippen LogP contribution in [0.25, 0.3) is 10.8 Å². The van der Waals surface area contributed by atoms with E-state index in [1.165, 1.54) is 152 Å². The van der Waals surface area contributed by atoms with Crippen LogP contribution in [0, 0.1) is 0 Å². The van der Waals surface area contributed by atoms with Crippen LogP contribution >= 0.6 is 0 Å². The Morgan fingerprint density at radius 1 is 0.525 bits per heavy atom. The summed E-state index contributed by atoms with van der Waals surface area (Å²) in [5.41, 5.74) is 2.66. The zero-order valence-electron chi connectivity index (χ0n) is 26.0. The van der Waals surface area contributed by atoms with E-state index in [1.54, 1.807) is 6.07 Å². The van der Waals surface area contributed by atoms with E-state index in [9.17, 15) is 13.0 Å². The van der Waals surface area contributed by atoms with Crippen molar-refractivity contribution in [2.45, 2.75) is 173 Å². The molecule has 0 radical (unpaired) electrons. The highest BCUT2D eigenvalue weighted by Gasteiger charge is 2.14. The molecule has 3 nitrogen and oxygen atoms in total. The van der Waals surface area contributed by atoms with Gasteiger partial charge in [0.15, 0.2) is 0 Å². The number of rotatable bonds is 25. The van der Waals surface area contributed by atoms with Gasteiger partial charge in [0.2, 0.25) is 0 Å². The number of hydrogen-bond acceptors (Lipinski definition) is 2. The van der Waals surface area contributed by atoms with Gasteiger partial charge >= 0.3 is 0 Å². The van der Waals surface area contributed by atoms with Gasteiger partial charge in [-0.25, -0.2) is 0 Å². The molecule has 0 fully saturated rings. The van der Waals surface area contributed by atoms with Crippen molar-refractivity contribution < 1.29 is 13.0 Å². The first kappa shape index (κ1) is 34.8. The predicted molar refractivity (Wildman–Crippen MR) is 174 cm³/mol. The van der Waals surface area contributed by atoms with Crippen LogP contribution in [-0.2, 0) is 23.0 Å². The normalized spacial score (nSPS) is 12.0. The van der Waals surface area contributed by atoms with Crippen LogP contribution in [0.3, 0.4) is 0 Å². The predicted octanol–water partition coefficient (Wildman–Crippen LogP) is 11.8. The number of fused-ring (bicyclic) bond motifs is 1. The molecule has 0 unspecified atom stereocenters. The minimum atomic E-state index is -4.21. The molecule has 2 aromatic rings. The fourth-order valence-electron chi connectivity index (χ4n) is 6.04. The van der Waals surface area contributed by atoms with Crippen LogP contribution in [0.4, 0.5) is 0 Å². The largest absolute Gasteiger partial charge is 0.294 e. The van der Waals surface area contributed by atoms with Gasteiger partial charge in [0.05, 0.1) is 4.90 Å². The van der Waals surface area contributed by atoms with Gasteiger partial charge in [0.1, 0.15) is 0 Å². The van der Waals surface area contributed by atoms with Crippen molar-refractivity contribution in [1.29, 1.82) is 0 Å². The molecule has 0 aliphatic heterocycles. The average Bonchev–Trinajstić information content (AvgIpc) is 2.94. The Kier molecular flexibility index (Phi) is 18.6. The third-order valence-corrected chi connectivity index (χ3v) is 9.43. The molecule has 1 N–H and O–H groups in total. The fraction of sp³-hybridized carbons (Fsp3) is 0.722. The Balaban J connectivity index is 1.85. The number of benzene rings is 2. The molecular weight excluding hydrogens is 512 g/mol. The van der Waals surface area contributed by atoms with E-state index >= 15 is 0 Å². The molecule has 40 heavy (non-hydrogen) atoms. The summed E-state index contributed by atoms with van der Waals surface area (Å²) in [6, 6.07) is 9.45. The van der Waals surface area contributed by atoms with Crippen LogP contribution in [0.2, 0.25) is 0 Å². The van der Waals surface area contributed by atoms with Gasteiger partial charge in [0, 0.05) is 0 Å². The first-order valence-electron chi connectivity index (χ1n) is 17.0. The monoisotopic (exact) mass is 572 g/mol. The molecule has 228 valence electrons. The van der Waals surface area contributed by atoms with Crippen molar-refractivity contribution in [3.63, 3.8) is 0 Å². The summed E-state index contributed by atoms with van der Waals surface area (Å²) in [5.74, 6) is 0. The Labute approximate surface area is 247 Å². The Morgan fingerprint density at radius 3 is 1.38 bits per heavy atom. The summed E-state index contributed by atoms with van der Waals surface area (Å²) >= 11 is 0. The second-order valence-electron chi connectivity index (χ2n) is 12.1. The molecule has 0 bridgehead atoms. The summed E-state index contributed by atoms with van der Waals surface area (Å²) in [7, 11) is -4.21. The first-order chi connectivity index (χ1) is 19.5. The Morgan fingerprint density at radius 2 is 0.925 bits per heavy atom. The maximum atomic E-state index is 11.9. The molecule has 0 heterocycles. The molecule has 0 saturated carbocycles. The topological polar surface area (TPSA) is 54.4 Å². The van der Waals surface area contributed by atoms with Crippen molar-refractivity contribution in [2.75, 3.05) is 0 Å². The van der Waals surface area contributed by atoms with Gasteiger partial charge in [-0.15, -0.1) is 0 Å². The molecule has 0 aromatic heterocycles. The Hall–Kier alpha value is -1.39. The van der Waals surface area contributed by atoms with Crippen LogP contribution < -0.4 is 0 Å². The molecule has 0 spiro atoms. The SMILES string of the molecule is CCCCCCCCCCCCCc1ccc2ccc(S(=O)(=O)O)cc2c1CCCCCCCCCCCCC. The quantitative estimate of drug-likeness (QED) is 0.0950. The van der Waals surface area contributed by atoms with Gasteiger partial charge in [-0.05, 0) is 59.7 Å². The van der Waals surface area contributed by atoms with Gasteiger partial charge < -0.3 is 0 Å². The summed E-state index contributed by atoms with van der Waals surface area (Å²) < 4.78 is 33.4.